The molecule has 4 heterocycles. The number of benzene rings is 1. The fourth-order valence-corrected chi connectivity index (χ4v) is 6.05. The van der Waals surface area contributed by atoms with Crippen LogP contribution in [0.5, 0.6) is 0 Å². The van der Waals surface area contributed by atoms with Gasteiger partial charge in [-0.25, -0.2) is 14.5 Å². The van der Waals surface area contributed by atoms with E-state index in [0.717, 1.165) is 0 Å². The summed E-state index contributed by atoms with van der Waals surface area (Å²) < 4.78 is 37.0. The number of anilines is 1. The Kier molecular flexibility index (Phi) is 6.12. The molecule has 2 fully saturated rings. The first kappa shape index (κ1) is 23.9. The summed E-state index contributed by atoms with van der Waals surface area (Å²) in [5.41, 5.74) is 5.00. The summed E-state index contributed by atoms with van der Waals surface area (Å²) in [6.07, 6.45) is -1.76. The third kappa shape index (κ3) is 4.21. The van der Waals surface area contributed by atoms with Gasteiger partial charge >= 0.3 is 7.82 Å². The number of phosphoric ester groups is 1. The largest absolute Gasteiger partial charge is 0.477 e. The molecule has 2 unspecified atom stereocenters. The molecule has 11 nitrogen and oxygen atoms in total. The number of aliphatic hydroxyl groups excluding tert-OH is 1. The molecule has 0 amide bonds. The second kappa shape index (κ2) is 8.70. The molecule has 0 radical (unpaired) electrons. The Bertz CT molecular complexity index is 1270. The van der Waals surface area contributed by atoms with Gasteiger partial charge in [0.15, 0.2) is 6.23 Å². The van der Waals surface area contributed by atoms with E-state index in [0.29, 0.717) is 33.1 Å². The Morgan fingerprint density at radius 3 is 2.76 bits per heavy atom. The molecule has 0 bridgehead atoms. The summed E-state index contributed by atoms with van der Waals surface area (Å²) in [4.78, 5) is 8.11. The molecule has 2 aliphatic heterocycles. The van der Waals surface area contributed by atoms with Crippen LogP contribution in [0.25, 0.3) is 11.0 Å². The van der Waals surface area contributed by atoms with Gasteiger partial charge in [0.05, 0.1) is 18.1 Å². The SMILES string of the molecule is C[C@@]1(O)[C@H](O)C(OP2(=O)OCC[C@H](c3cc(Cl)cc(Cl)c3)O2)O[C@H]1n1ccc2c(N)ncnc21. The number of hydrogen-bond donors (Lipinski definition) is 3. The van der Waals surface area contributed by atoms with Gasteiger partial charge in [-0.3, -0.25) is 13.6 Å². The van der Waals surface area contributed by atoms with Crippen molar-refractivity contribution in [2.75, 3.05) is 12.3 Å². The monoisotopic (exact) mass is 530 g/mol. The zero-order valence-corrected chi connectivity index (χ0v) is 20.2. The van der Waals surface area contributed by atoms with Gasteiger partial charge in [-0.15, -0.1) is 0 Å². The number of aromatic nitrogens is 3. The van der Waals surface area contributed by atoms with Gasteiger partial charge in [0.25, 0.3) is 0 Å². The normalized spacial score (nSPS) is 34.0. The highest BCUT2D eigenvalue weighted by Gasteiger charge is 2.56. The first-order chi connectivity index (χ1) is 16.1. The van der Waals surface area contributed by atoms with E-state index < -0.39 is 38.1 Å². The number of phosphoric acid groups is 1. The van der Waals surface area contributed by atoms with Gasteiger partial charge in [0, 0.05) is 22.7 Å². The maximum Gasteiger partial charge on any atom is 0.477 e. The Morgan fingerprint density at radius 1 is 1.29 bits per heavy atom. The van der Waals surface area contributed by atoms with E-state index in [-0.39, 0.29) is 12.4 Å². The molecule has 14 heteroatoms. The summed E-state index contributed by atoms with van der Waals surface area (Å²) in [5.74, 6) is 0.246. The Morgan fingerprint density at radius 2 is 2.03 bits per heavy atom. The van der Waals surface area contributed by atoms with Crippen molar-refractivity contribution in [3.8, 4) is 0 Å². The van der Waals surface area contributed by atoms with Crippen molar-refractivity contribution in [1.29, 1.82) is 0 Å². The lowest BCUT2D eigenvalue weighted by molar-refractivity contribution is -0.145. The number of nitrogens with two attached hydrogens (primary N) is 1. The molecule has 0 saturated carbocycles. The van der Waals surface area contributed by atoms with E-state index in [2.05, 4.69) is 9.97 Å². The summed E-state index contributed by atoms with van der Waals surface area (Å²) in [6, 6.07) is 6.50. The van der Waals surface area contributed by atoms with Crippen LogP contribution in [0.15, 0.2) is 36.8 Å². The molecule has 2 aromatic heterocycles. The van der Waals surface area contributed by atoms with E-state index in [1.54, 1.807) is 30.5 Å². The van der Waals surface area contributed by atoms with Crippen molar-refractivity contribution in [3.63, 3.8) is 0 Å². The molecule has 6 atom stereocenters. The summed E-state index contributed by atoms with van der Waals surface area (Å²) in [5, 5.41) is 23.1. The molecule has 5 rings (SSSR count). The van der Waals surface area contributed by atoms with Crippen LogP contribution in [-0.2, 0) is 22.9 Å². The van der Waals surface area contributed by atoms with Crippen molar-refractivity contribution in [2.45, 2.75) is 43.7 Å². The lowest BCUT2D eigenvalue weighted by Crippen LogP contribution is -2.44. The Labute approximate surface area is 203 Å². The van der Waals surface area contributed by atoms with E-state index >= 15 is 0 Å². The second-order valence-corrected chi connectivity index (χ2v) is 10.7. The third-order valence-electron chi connectivity index (χ3n) is 5.79. The highest BCUT2D eigenvalue weighted by molar-refractivity contribution is 7.48. The van der Waals surface area contributed by atoms with Gasteiger partial charge in [-0.2, -0.15) is 0 Å². The van der Waals surface area contributed by atoms with Gasteiger partial charge in [0.1, 0.15) is 29.5 Å². The number of nitrogen functional groups attached to an aromatic ring is 1. The smallest absolute Gasteiger partial charge is 0.385 e. The number of halogens is 2. The number of nitrogens with zero attached hydrogens (tertiary/aromatic N) is 3. The Hall–Kier alpha value is -1.79. The highest BCUT2D eigenvalue weighted by atomic mass is 35.5. The fourth-order valence-electron chi connectivity index (χ4n) is 4.05. The molecule has 182 valence electrons. The van der Waals surface area contributed by atoms with E-state index in [9.17, 15) is 14.8 Å². The minimum absolute atomic E-state index is 0.0488. The number of ether oxygens (including phenoxy) is 1. The highest BCUT2D eigenvalue weighted by Crippen LogP contribution is 2.59. The summed E-state index contributed by atoms with van der Waals surface area (Å²) >= 11 is 12.1. The third-order valence-corrected chi connectivity index (χ3v) is 7.70. The minimum Gasteiger partial charge on any atom is -0.385 e. The zero-order valence-electron chi connectivity index (χ0n) is 17.7. The lowest BCUT2D eigenvalue weighted by atomic mass is 9.99. The standard InChI is InChI=1S/C20H21Cl2N4O7P/c1-20(28)15(27)18(31-19(20)26-4-2-13-16(23)24-9-25-17(13)26)33-34(29)30-5-3-14(32-34)10-6-11(21)8-12(22)7-10/h2,4,6-9,14-15,18-19,27-28H,3,5H2,1H3,(H2,23,24,25)/t14-,15-,18?,19-,20-,34?/m1/s1. The minimum atomic E-state index is -4.20. The summed E-state index contributed by atoms with van der Waals surface area (Å²) in [7, 11) is -4.20. The molecule has 2 saturated heterocycles. The van der Waals surface area contributed by atoms with Gasteiger partial charge < -0.3 is 25.3 Å². The second-order valence-electron chi connectivity index (χ2n) is 8.22. The zero-order chi connectivity index (χ0) is 24.3. The molecule has 2 aliphatic rings. The van der Waals surface area contributed by atoms with Gasteiger partial charge in [-0.05, 0) is 36.8 Å². The van der Waals surface area contributed by atoms with Crippen molar-refractivity contribution in [2.24, 2.45) is 0 Å². The number of rotatable bonds is 4. The maximum absolute atomic E-state index is 13.3. The van der Waals surface area contributed by atoms with Crippen molar-refractivity contribution in [1.82, 2.24) is 14.5 Å². The first-order valence-corrected chi connectivity index (χ1v) is 12.5. The van der Waals surface area contributed by atoms with Crippen LogP contribution < -0.4 is 5.73 Å². The van der Waals surface area contributed by atoms with E-state index in [1.807, 2.05) is 0 Å². The molecule has 4 N–H and O–H groups in total. The average Bonchev–Trinajstić information content (AvgIpc) is 3.28. The van der Waals surface area contributed by atoms with Crippen LogP contribution in [0.4, 0.5) is 5.82 Å². The number of fused-ring (bicyclic) bond motifs is 1. The van der Waals surface area contributed by atoms with E-state index in [4.69, 9.17) is 47.2 Å². The van der Waals surface area contributed by atoms with Crippen molar-refractivity contribution < 1.29 is 33.1 Å². The van der Waals surface area contributed by atoms with Gasteiger partial charge in [-0.1, -0.05) is 23.2 Å². The molecular weight excluding hydrogens is 510 g/mol. The van der Waals surface area contributed by atoms with Crippen LogP contribution in [0.2, 0.25) is 10.0 Å². The first-order valence-electron chi connectivity index (χ1n) is 10.3. The average molecular weight is 531 g/mol. The van der Waals surface area contributed by atoms with Crippen LogP contribution in [-0.4, -0.2) is 49.4 Å². The molecule has 3 aromatic rings. The molecule has 0 spiro atoms. The van der Waals surface area contributed by atoms with Crippen molar-refractivity contribution >= 4 is 47.9 Å². The molecule has 0 aliphatic carbocycles. The van der Waals surface area contributed by atoms with Crippen LogP contribution in [0, 0.1) is 0 Å². The Balaban J connectivity index is 1.38. The molecule has 1 aromatic carbocycles. The van der Waals surface area contributed by atoms with Crippen LogP contribution in [0.1, 0.15) is 31.2 Å². The van der Waals surface area contributed by atoms with Crippen molar-refractivity contribution in [3.05, 3.63) is 52.4 Å². The summed E-state index contributed by atoms with van der Waals surface area (Å²) in [6.45, 7) is 1.41. The number of hydrogen-bond acceptors (Lipinski definition) is 10. The van der Waals surface area contributed by atoms with Gasteiger partial charge in [0.2, 0.25) is 6.29 Å². The fraction of sp³-hybridized carbons (Fsp3) is 0.400. The molecular formula is C20H21Cl2N4O7P. The van der Waals surface area contributed by atoms with E-state index in [1.165, 1.54) is 17.8 Å². The number of aliphatic hydroxyl groups is 2. The topological polar surface area (TPSA) is 151 Å². The molecule has 34 heavy (non-hydrogen) atoms. The van der Waals surface area contributed by atoms with Crippen LogP contribution in [0.3, 0.4) is 0 Å². The predicted octanol–water partition coefficient (Wildman–Crippen LogP) is 3.59. The maximum atomic E-state index is 13.3. The quantitative estimate of drug-likeness (QED) is 0.426. The van der Waals surface area contributed by atoms with Crippen LogP contribution >= 0.6 is 31.0 Å². The lowest BCUT2D eigenvalue weighted by Gasteiger charge is -2.31. The predicted molar refractivity (Wildman–Crippen MR) is 122 cm³/mol.